The fraction of sp³-hybridized carbons (Fsp3) is 0.682. The summed E-state index contributed by atoms with van der Waals surface area (Å²) < 4.78 is 11.2. The Morgan fingerprint density at radius 3 is 2.75 bits per heavy atom. The Morgan fingerprint density at radius 2 is 2.11 bits per heavy atom. The molecule has 0 radical (unpaired) electrons. The van der Waals surface area contributed by atoms with Gasteiger partial charge in [-0.25, -0.2) is 0 Å². The van der Waals surface area contributed by atoms with Crippen LogP contribution in [-0.2, 0) is 14.9 Å². The Bertz CT molecular complexity index is 611. The molecule has 0 spiro atoms. The van der Waals surface area contributed by atoms with Gasteiger partial charge in [0, 0.05) is 42.7 Å². The highest BCUT2D eigenvalue weighted by Crippen LogP contribution is 2.44. The van der Waals surface area contributed by atoms with E-state index in [4.69, 9.17) is 26.1 Å². The van der Waals surface area contributed by atoms with Gasteiger partial charge in [-0.05, 0) is 50.3 Å². The maximum Gasteiger partial charge on any atom is 0.191 e. The topological polar surface area (TPSA) is 54.9 Å². The van der Waals surface area contributed by atoms with Crippen molar-refractivity contribution in [2.24, 2.45) is 10.9 Å². The first-order chi connectivity index (χ1) is 13.7. The molecule has 5 nitrogen and oxygen atoms in total. The van der Waals surface area contributed by atoms with Gasteiger partial charge in [0.2, 0.25) is 0 Å². The average molecular weight is 408 g/mol. The highest BCUT2D eigenvalue weighted by Gasteiger charge is 2.38. The smallest absolute Gasteiger partial charge is 0.191 e. The molecule has 2 fully saturated rings. The van der Waals surface area contributed by atoms with Crippen LogP contribution in [0.4, 0.5) is 0 Å². The minimum atomic E-state index is 0.166. The molecule has 2 aliphatic rings. The monoisotopic (exact) mass is 407 g/mol. The molecule has 1 heterocycles. The third kappa shape index (κ3) is 6.10. The molecule has 1 aliphatic carbocycles. The number of halogens is 1. The highest BCUT2D eigenvalue weighted by molar-refractivity contribution is 6.30. The van der Waals surface area contributed by atoms with E-state index in [1.165, 1.54) is 24.8 Å². The number of guanidine groups is 1. The van der Waals surface area contributed by atoms with Crippen LogP contribution in [0.25, 0.3) is 0 Å². The lowest BCUT2D eigenvalue weighted by Gasteiger charge is -2.41. The van der Waals surface area contributed by atoms with Crippen molar-refractivity contribution < 1.29 is 9.47 Å². The molecule has 0 bridgehead atoms. The second-order valence-corrected chi connectivity index (χ2v) is 8.36. The number of hydrogen-bond donors (Lipinski definition) is 2. The summed E-state index contributed by atoms with van der Waals surface area (Å²) in [4.78, 5) is 4.89. The molecule has 0 aromatic heterocycles. The molecule has 3 rings (SSSR count). The minimum absolute atomic E-state index is 0.166. The van der Waals surface area contributed by atoms with Crippen molar-refractivity contribution in [1.29, 1.82) is 0 Å². The van der Waals surface area contributed by atoms with Crippen molar-refractivity contribution in [2.45, 2.75) is 44.4 Å². The Kier molecular flexibility index (Phi) is 8.44. The third-order valence-electron chi connectivity index (χ3n) is 5.79. The lowest BCUT2D eigenvalue weighted by molar-refractivity contribution is 0.0888. The van der Waals surface area contributed by atoms with Crippen LogP contribution in [0.15, 0.2) is 29.3 Å². The SMILES string of the molecule is CCNC(=NCC1(c2ccc(Cl)cc2)CCC1)NCCCOCC1CCOC1. The zero-order valence-corrected chi connectivity index (χ0v) is 17.8. The number of benzene rings is 1. The summed E-state index contributed by atoms with van der Waals surface area (Å²) in [6.45, 7) is 7.96. The van der Waals surface area contributed by atoms with Gasteiger partial charge in [0.15, 0.2) is 5.96 Å². The van der Waals surface area contributed by atoms with E-state index < -0.39 is 0 Å². The maximum absolute atomic E-state index is 6.06. The summed E-state index contributed by atoms with van der Waals surface area (Å²) in [6.07, 6.45) is 5.75. The molecule has 1 saturated heterocycles. The van der Waals surface area contributed by atoms with E-state index in [1.54, 1.807) is 0 Å². The molecule has 0 amide bonds. The van der Waals surface area contributed by atoms with Gasteiger partial charge < -0.3 is 20.1 Å². The van der Waals surface area contributed by atoms with E-state index in [-0.39, 0.29) is 5.41 Å². The lowest BCUT2D eigenvalue weighted by Crippen LogP contribution is -2.42. The largest absolute Gasteiger partial charge is 0.381 e. The molecular weight excluding hydrogens is 374 g/mol. The molecule has 1 unspecified atom stereocenters. The van der Waals surface area contributed by atoms with Crippen LogP contribution in [0.5, 0.6) is 0 Å². The summed E-state index contributed by atoms with van der Waals surface area (Å²) in [5, 5.41) is 7.59. The summed E-state index contributed by atoms with van der Waals surface area (Å²) in [6, 6.07) is 8.29. The summed E-state index contributed by atoms with van der Waals surface area (Å²) in [7, 11) is 0. The quantitative estimate of drug-likeness (QED) is 0.352. The van der Waals surface area contributed by atoms with Crippen LogP contribution in [0, 0.1) is 5.92 Å². The number of aliphatic imine (C=N–C) groups is 1. The van der Waals surface area contributed by atoms with Crippen molar-refractivity contribution >= 4 is 17.6 Å². The minimum Gasteiger partial charge on any atom is -0.381 e. The average Bonchev–Trinajstić information content (AvgIpc) is 3.18. The molecule has 1 aromatic rings. The predicted octanol–water partition coefficient (Wildman–Crippen LogP) is 3.76. The lowest BCUT2D eigenvalue weighted by atomic mass is 9.64. The van der Waals surface area contributed by atoms with Crippen LogP contribution < -0.4 is 10.6 Å². The van der Waals surface area contributed by atoms with Crippen molar-refractivity contribution in [1.82, 2.24) is 10.6 Å². The van der Waals surface area contributed by atoms with Gasteiger partial charge >= 0.3 is 0 Å². The highest BCUT2D eigenvalue weighted by atomic mass is 35.5. The number of nitrogens with one attached hydrogen (secondary N) is 2. The number of hydrogen-bond acceptors (Lipinski definition) is 3. The first kappa shape index (κ1) is 21.4. The van der Waals surface area contributed by atoms with E-state index in [0.29, 0.717) is 5.92 Å². The Hall–Kier alpha value is -1.30. The van der Waals surface area contributed by atoms with Crippen molar-refractivity contribution in [3.8, 4) is 0 Å². The van der Waals surface area contributed by atoms with Crippen LogP contribution in [0.3, 0.4) is 0 Å². The second kappa shape index (κ2) is 11.0. The van der Waals surface area contributed by atoms with Crippen molar-refractivity contribution in [3.63, 3.8) is 0 Å². The first-order valence-electron chi connectivity index (χ1n) is 10.7. The number of nitrogens with zero attached hydrogens (tertiary/aromatic N) is 1. The van der Waals surface area contributed by atoms with E-state index in [9.17, 15) is 0 Å². The summed E-state index contributed by atoms with van der Waals surface area (Å²) >= 11 is 6.06. The summed E-state index contributed by atoms with van der Waals surface area (Å²) in [5.41, 5.74) is 1.52. The number of ether oxygens (including phenoxy) is 2. The standard InChI is InChI=1S/C22H34ClN3O2/c1-2-24-21(25-12-4-13-27-15-18-9-14-28-16-18)26-17-22(10-3-11-22)19-5-7-20(23)8-6-19/h5-8,18H,2-4,9-17H2,1H3,(H2,24,25,26). The number of rotatable bonds is 10. The Balaban J connectivity index is 1.43. The third-order valence-corrected chi connectivity index (χ3v) is 6.04. The van der Waals surface area contributed by atoms with Crippen LogP contribution in [0.1, 0.15) is 44.6 Å². The molecule has 1 atom stereocenters. The van der Waals surface area contributed by atoms with Gasteiger partial charge in [-0.15, -0.1) is 0 Å². The molecule has 28 heavy (non-hydrogen) atoms. The summed E-state index contributed by atoms with van der Waals surface area (Å²) in [5.74, 6) is 1.48. The van der Waals surface area contributed by atoms with E-state index >= 15 is 0 Å². The zero-order valence-electron chi connectivity index (χ0n) is 17.0. The van der Waals surface area contributed by atoms with E-state index in [0.717, 1.165) is 69.9 Å². The molecule has 1 saturated carbocycles. The van der Waals surface area contributed by atoms with Crippen LogP contribution in [0.2, 0.25) is 5.02 Å². The normalized spacial score (nSPS) is 21.4. The van der Waals surface area contributed by atoms with Crippen LogP contribution in [-0.4, -0.2) is 52.0 Å². The van der Waals surface area contributed by atoms with Gasteiger partial charge in [0.05, 0.1) is 19.8 Å². The zero-order chi connectivity index (χ0) is 19.7. The Morgan fingerprint density at radius 1 is 1.29 bits per heavy atom. The van der Waals surface area contributed by atoms with E-state index in [1.807, 2.05) is 12.1 Å². The van der Waals surface area contributed by atoms with Crippen molar-refractivity contribution in [3.05, 3.63) is 34.9 Å². The molecular formula is C22H34ClN3O2. The molecule has 1 aromatic carbocycles. The molecule has 6 heteroatoms. The van der Waals surface area contributed by atoms with Gasteiger partial charge in [0.25, 0.3) is 0 Å². The van der Waals surface area contributed by atoms with Gasteiger partial charge in [-0.3, -0.25) is 4.99 Å². The first-order valence-corrected chi connectivity index (χ1v) is 11.0. The fourth-order valence-corrected chi connectivity index (χ4v) is 3.99. The van der Waals surface area contributed by atoms with Gasteiger partial charge in [-0.1, -0.05) is 30.2 Å². The molecule has 2 N–H and O–H groups in total. The van der Waals surface area contributed by atoms with E-state index in [2.05, 4.69) is 29.7 Å². The van der Waals surface area contributed by atoms with Crippen LogP contribution >= 0.6 is 11.6 Å². The maximum atomic E-state index is 6.06. The molecule has 156 valence electrons. The second-order valence-electron chi connectivity index (χ2n) is 7.92. The molecule has 1 aliphatic heterocycles. The van der Waals surface area contributed by atoms with Gasteiger partial charge in [-0.2, -0.15) is 0 Å². The van der Waals surface area contributed by atoms with Gasteiger partial charge in [0.1, 0.15) is 0 Å². The predicted molar refractivity (Wildman–Crippen MR) is 115 cm³/mol. The Labute approximate surface area is 174 Å². The van der Waals surface area contributed by atoms with Crippen molar-refractivity contribution in [2.75, 3.05) is 46.1 Å². The fourth-order valence-electron chi connectivity index (χ4n) is 3.86.